The molecule has 1 spiro atoms. The lowest BCUT2D eigenvalue weighted by atomic mass is 9.84. The van der Waals surface area contributed by atoms with Crippen LogP contribution in [-0.2, 0) is 20.9 Å². The van der Waals surface area contributed by atoms with Crippen molar-refractivity contribution in [3.05, 3.63) is 64.4 Å². The van der Waals surface area contributed by atoms with Crippen LogP contribution in [0.5, 0.6) is 11.5 Å². The largest absolute Gasteiger partial charge is 0.496 e. The molecular formula is C29H31BrFN3O5. The number of ether oxygens (including phenoxy) is 3. The van der Waals surface area contributed by atoms with Gasteiger partial charge in [0.1, 0.15) is 17.4 Å². The summed E-state index contributed by atoms with van der Waals surface area (Å²) in [5.41, 5.74) is -0.138. The van der Waals surface area contributed by atoms with Crippen LogP contribution >= 0.6 is 15.9 Å². The molecule has 0 aliphatic carbocycles. The summed E-state index contributed by atoms with van der Waals surface area (Å²) < 4.78 is 34.1. The van der Waals surface area contributed by atoms with Crippen molar-refractivity contribution >= 4 is 44.2 Å². The molecule has 10 heteroatoms. The number of benzene rings is 3. The molecule has 2 amide bonds. The highest BCUT2D eigenvalue weighted by molar-refractivity contribution is 9.10. The van der Waals surface area contributed by atoms with Crippen molar-refractivity contribution in [2.45, 2.75) is 44.0 Å². The molecule has 2 atom stereocenters. The summed E-state index contributed by atoms with van der Waals surface area (Å²) in [5, 5.41) is 7.68. The van der Waals surface area contributed by atoms with E-state index in [9.17, 15) is 9.59 Å². The summed E-state index contributed by atoms with van der Waals surface area (Å²) >= 11 is 3.52. The number of carbonyl (C=O) groups excluding carboxylic acids is 2. The van der Waals surface area contributed by atoms with E-state index < -0.39 is 29.4 Å². The molecule has 5 rings (SSSR count). The van der Waals surface area contributed by atoms with Crippen molar-refractivity contribution in [2.75, 3.05) is 32.3 Å². The Labute approximate surface area is 234 Å². The van der Waals surface area contributed by atoms with E-state index in [0.29, 0.717) is 37.5 Å². The molecule has 0 saturated carbocycles. The molecule has 2 aliphatic heterocycles. The summed E-state index contributed by atoms with van der Waals surface area (Å²) in [5.74, 6) is -0.766. The monoisotopic (exact) mass is 599 g/mol. The van der Waals surface area contributed by atoms with Gasteiger partial charge in [-0.3, -0.25) is 9.59 Å². The Morgan fingerprint density at radius 2 is 2.00 bits per heavy atom. The predicted molar refractivity (Wildman–Crippen MR) is 150 cm³/mol. The lowest BCUT2D eigenvalue weighted by molar-refractivity contribution is -0.138. The Morgan fingerprint density at radius 3 is 2.72 bits per heavy atom. The summed E-state index contributed by atoms with van der Waals surface area (Å²) in [6.45, 7) is 2.41. The number of nitrogens with zero attached hydrogens (tertiary/aromatic N) is 1. The molecule has 3 aromatic rings. The maximum absolute atomic E-state index is 15.4. The second-order valence-electron chi connectivity index (χ2n) is 9.86. The molecule has 8 nitrogen and oxygen atoms in total. The van der Waals surface area contributed by atoms with Gasteiger partial charge in [-0.15, -0.1) is 0 Å². The first-order valence-electron chi connectivity index (χ1n) is 12.9. The third-order valence-corrected chi connectivity index (χ3v) is 8.11. The van der Waals surface area contributed by atoms with Crippen LogP contribution in [0.4, 0.5) is 10.1 Å². The first-order valence-corrected chi connectivity index (χ1v) is 13.7. The van der Waals surface area contributed by atoms with Crippen molar-refractivity contribution < 1.29 is 28.2 Å². The molecule has 1 fully saturated rings. The number of carbonyl (C=O) groups is 2. The highest BCUT2D eigenvalue weighted by Crippen LogP contribution is 2.44. The molecule has 39 heavy (non-hydrogen) atoms. The normalized spacial score (nSPS) is 19.3. The quantitative estimate of drug-likeness (QED) is 0.439. The lowest BCUT2D eigenvalue weighted by Gasteiger charge is -2.41. The summed E-state index contributed by atoms with van der Waals surface area (Å²) in [4.78, 5) is 29.1. The topological polar surface area (TPSA) is 89.1 Å². The molecule has 2 unspecified atom stereocenters. The molecular weight excluding hydrogens is 569 g/mol. The first kappa shape index (κ1) is 27.4. The molecule has 0 bridgehead atoms. The van der Waals surface area contributed by atoms with Gasteiger partial charge in [0.05, 0.1) is 38.6 Å². The van der Waals surface area contributed by atoms with Crippen LogP contribution in [0, 0.1) is 5.82 Å². The van der Waals surface area contributed by atoms with Crippen molar-refractivity contribution in [3.63, 3.8) is 0 Å². The van der Waals surface area contributed by atoms with Crippen LogP contribution in [0.15, 0.2) is 53.0 Å². The van der Waals surface area contributed by atoms with Gasteiger partial charge >= 0.3 is 0 Å². The minimum absolute atomic E-state index is 0.0203. The third kappa shape index (κ3) is 5.08. The van der Waals surface area contributed by atoms with Crippen LogP contribution in [0.3, 0.4) is 0 Å². The summed E-state index contributed by atoms with van der Waals surface area (Å²) in [7, 11) is 3.24. The fourth-order valence-electron chi connectivity index (χ4n) is 5.29. The number of amides is 2. The Balaban J connectivity index is 1.67. The average molecular weight is 600 g/mol. The van der Waals surface area contributed by atoms with E-state index in [0.717, 1.165) is 20.8 Å². The van der Waals surface area contributed by atoms with Crippen molar-refractivity contribution in [1.82, 2.24) is 10.6 Å². The van der Waals surface area contributed by atoms with E-state index in [1.165, 1.54) is 11.0 Å². The maximum Gasteiger partial charge on any atom is 0.254 e. The van der Waals surface area contributed by atoms with E-state index in [4.69, 9.17) is 14.2 Å². The predicted octanol–water partition coefficient (Wildman–Crippen LogP) is 4.32. The Morgan fingerprint density at radius 1 is 1.23 bits per heavy atom. The average Bonchev–Trinajstić information content (AvgIpc) is 3.03. The van der Waals surface area contributed by atoms with Gasteiger partial charge in [0.15, 0.2) is 11.6 Å². The van der Waals surface area contributed by atoms with Crippen LogP contribution in [0.2, 0.25) is 0 Å². The van der Waals surface area contributed by atoms with E-state index in [-0.39, 0.29) is 18.2 Å². The number of likely N-dealkylation sites (N-methyl/N-ethyl adjacent to an activating group) is 1. The van der Waals surface area contributed by atoms with Crippen LogP contribution in [0.25, 0.3) is 10.8 Å². The number of fused-ring (bicyclic) bond motifs is 2. The van der Waals surface area contributed by atoms with Gasteiger partial charge in [-0.25, -0.2) is 4.39 Å². The fraction of sp³-hybridized carbons (Fsp3) is 0.379. The van der Waals surface area contributed by atoms with Gasteiger partial charge in [0.25, 0.3) is 5.91 Å². The molecule has 2 N–H and O–H groups in total. The minimum Gasteiger partial charge on any atom is -0.496 e. The standard InChI is InChI=1S/C29H31BrFN3O5/c1-17(32-2)27(35)33-26-28(36)34(16-21-20-9-8-19(30)15-18(20)7-10-24(21)37-3)23-6-4-5-22(31)25(23)39-29(26)11-13-38-14-12-29/h4-10,15,17,26,32H,11-14,16H2,1-3H3,(H,33,35). The second-order valence-corrected chi connectivity index (χ2v) is 10.8. The molecule has 3 aromatic carbocycles. The zero-order chi connectivity index (χ0) is 27.7. The van der Waals surface area contributed by atoms with Gasteiger partial charge in [-0.1, -0.05) is 34.1 Å². The number of nitrogens with one attached hydrogen (secondary N) is 2. The van der Waals surface area contributed by atoms with E-state index in [1.54, 1.807) is 33.2 Å². The van der Waals surface area contributed by atoms with E-state index >= 15 is 4.39 Å². The molecule has 1 saturated heterocycles. The SMILES string of the molecule is CNC(C)C(=O)NC1C(=O)N(Cc2c(OC)ccc3cc(Br)ccc23)c2cccc(F)c2OC12CCOCC2. The van der Waals surface area contributed by atoms with Crippen LogP contribution < -0.4 is 25.0 Å². The Kier molecular flexibility index (Phi) is 7.80. The summed E-state index contributed by atoms with van der Waals surface area (Å²) in [6.07, 6.45) is 0.621. The van der Waals surface area contributed by atoms with Gasteiger partial charge in [0.2, 0.25) is 5.91 Å². The van der Waals surface area contributed by atoms with Gasteiger partial charge in [0, 0.05) is 22.9 Å². The molecule has 2 aliphatic rings. The summed E-state index contributed by atoms with van der Waals surface area (Å²) in [6, 6.07) is 12.6. The number of hydrogen-bond donors (Lipinski definition) is 2. The number of halogens is 2. The van der Waals surface area contributed by atoms with Crippen molar-refractivity contribution in [2.24, 2.45) is 0 Å². The zero-order valence-corrected chi connectivity index (χ0v) is 23.6. The van der Waals surface area contributed by atoms with Crippen LogP contribution in [0.1, 0.15) is 25.3 Å². The Bertz CT molecular complexity index is 1410. The maximum atomic E-state index is 15.4. The van der Waals surface area contributed by atoms with Gasteiger partial charge < -0.3 is 29.7 Å². The Hall–Kier alpha value is -3.21. The third-order valence-electron chi connectivity index (χ3n) is 7.62. The minimum atomic E-state index is -1.18. The lowest BCUT2D eigenvalue weighted by Crippen LogP contribution is -2.65. The van der Waals surface area contributed by atoms with Crippen molar-refractivity contribution in [3.8, 4) is 11.5 Å². The smallest absolute Gasteiger partial charge is 0.254 e. The number of methoxy groups -OCH3 is 1. The molecule has 206 valence electrons. The second kappa shape index (κ2) is 11.1. The number of para-hydroxylation sites is 1. The number of rotatable bonds is 6. The number of anilines is 1. The highest BCUT2D eigenvalue weighted by atomic mass is 79.9. The fourth-order valence-corrected chi connectivity index (χ4v) is 5.67. The molecule has 0 radical (unpaired) electrons. The van der Waals surface area contributed by atoms with Gasteiger partial charge in [-0.05, 0) is 55.1 Å². The van der Waals surface area contributed by atoms with E-state index in [1.807, 2.05) is 30.3 Å². The first-order chi connectivity index (χ1) is 18.8. The zero-order valence-electron chi connectivity index (χ0n) is 22.1. The van der Waals surface area contributed by atoms with Gasteiger partial charge in [-0.2, -0.15) is 0 Å². The number of hydrogen-bond acceptors (Lipinski definition) is 6. The highest BCUT2D eigenvalue weighted by Gasteiger charge is 2.52. The van der Waals surface area contributed by atoms with E-state index in [2.05, 4.69) is 26.6 Å². The molecule has 2 heterocycles. The molecule has 0 aromatic heterocycles. The van der Waals surface area contributed by atoms with Crippen molar-refractivity contribution in [1.29, 1.82) is 0 Å². The van der Waals surface area contributed by atoms with Crippen LogP contribution in [-0.4, -0.2) is 56.9 Å².